The number of halogens is 1. The average Bonchev–Trinajstić information content (AvgIpc) is 3.21. The van der Waals surface area contributed by atoms with Gasteiger partial charge in [0, 0.05) is 35.3 Å². The Kier molecular flexibility index (Phi) is 7.53. The lowest BCUT2D eigenvalue weighted by molar-refractivity contribution is -0.137. The first-order valence-corrected chi connectivity index (χ1v) is 10.8. The van der Waals surface area contributed by atoms with Crippen molar-refractivity contribution in [1.29, 1.82) is 0 Å². The summed E-state index contributed by atoms with van der Waals surface area (Å²) >= 11 is 6.01. The molecule has 2 amide bonds. The largest absolute Gasteiger partial charge is 0.497 e. The van der Waals surface area contributed by atoms with E-state index in [4.69, 9.17) is 16.3 Å². The molecular formula is C24H27ClN4O3. The molecule has 0 saturated heterocycles. The molecule has 7 nitrogen and oxygen atoms in total. The first-order chi connectivity index (χ1) is 15.3. The van der Waals surface area contributed by atoms with E-state index in [1.807, 2.05) is 63.4 Å². The smallest absolute Gasteiger partial charge is 0.246 e. The topological polar surface area (TPSA) is 76.5 Å². The molecule has 1 aromatic heterocycles. The van der Waals surface area contributed by atoms with Crippen molar-refractivity contribution in [3.8, 4) is 22.7 Å². The summed E-state index contributed by atoms with van der Waals surface area (Å²) in [6.07, 6.45) is 1.84. The number of amides is 2. The van der Waals surface area contributed by atoms with E-state index in [0.717, 1.165) is 11.3 Å². The second-order valence-corrected chi connectivity index (χ2v) is 8.02. The third kappa shape index (κ3) is 5.48. The Morgan fingerprint density at radius 2 is 1.91 bits per heavy atom. The van der Waals surface area contributed by atoms with Gasteiger partial charge in [-0.25, -0.2) is 4.98 Å². The molecule has 0 radical (unpaired) electrons. The molecule has 1 heterocycles. The second kappa shape index (κ2) is 10.3. The van der Waals surface area contributed by atoms with Crippen LogP contribution in [0.15, 0.2) is 54.7 Å². The number of carbonyl (C=O) groups excluding carboxylic acids is 2. The Morgan fingerprint density at radius 3 is 2.53 bits per heavy atom. The molecule has 1 N–H and O–H groups in total. The van der Waals surface area contributed by atoms with E-state index < -0.39 is 0 Å². The van der Waals surface area contributed by atoms with Crippen molar-refractivity contribution >= 4 is 29.4 Å². The average molecular weight is 455 g/mol. The van der Waals surface area contributed by atoms with Crippen LogP contribution in [0.3, 0.4) is 0 Å². The number of imidazole rings is 1. The fourth-order valence-electron chi connectivity index (χ4n) is 3.23. The van der Waals surface area contributed by atoms with Crippen LogP contribution in [-0.4, -0.2) is 46.5 Å². The SMILES string of the molecule is CCN(CC(=O)Nc1nc(-c2ccc(Cl)cc2)cn1-c1cccc(OC)c1)C(=O)C(C)C. The van der Waals surface area contributed by atoms with Gasteiger partial charge in [-0.15, -0.1) is 0 Å². The number of aromatic nitrogens is 2. The van der Waals surface area contributed by atoms with Crippen LogP contribution in [0.2, 0.25) is 5.02 Å². The highest BCUT2D eigenvalue weighted by atomic mass is 35.5. The van der Waals surface area contributed by atoms with Crippen molar-refractivity contribution in [3.05, 3.63) is 59.8 Å². The number of nitrogens with zero attached hydrogens (tertiary/aromatic N) is 3. The van der Waals surface area contributed by atoms with Crippen molar-refractivity contribution in [2.45, 2.75) is 20.8 Å². The van der Waals surface area contributed by atoms with Crippen molar-refractivity contribution in [2.75, 3.05) is 25.5 Å². The van der Waals surface area contributed by atoms with Crippen LogP contribution >= 0.6 is 11.6 Å². The maximum Gasteiger partial charge on any atom is 0.246 e. The zero-order chi connectivity index (χ0) is 23.3. The summed E-state index contributed by atoms with van der Waals surface area (Å²) in [6.45, 7) is 5.89. The Labute approximate surface area is 193 Å². The van der Waals surface area contributed by atoms with Gasteiger partial charge in [0.15, 0.2) is 0 Å². The molecule has 3 rings (SSSR count). The lowest BCUT2D eigenvalue weighted by Gasteiger charge is -2.22. The highest BCUT2D eigenvalue weighted by Gasteiger charge is 2.20. The lowest BCUT2D eigenvalue weighted by Crippen LogP contribution is -2.40. The number of methoxy groups -OCH3 is 1. The minimum atomic E-state index is -0.321. The second-order valence-electron chi connectivity index (χ2n) is 7.58. The number of hydrogen-bond donors (Lipinski definition) is 1. The van der Waals surface area contributed by atoms with Gasteiger partial charge in [-0.2, -0.15) is 0 Å². The molecule has 0 bridgehead atoms. The van der Waals surface area contributed by atoms with E-state index in [0.29, 0.717) is 29.0 Å². The molecule has 0 aliphatic heterocycles. The maximum atomic E-state index is 12.8. The maximum absolute atomic E-state index is 12.8. The van der Waals surface area contributed by atoms with Gasteiger partial charge in [0.1, 0.15) is 5.75 Å². The fraction of sp³-hybridized carbons (Fsp3) is 0.292. The molecule has 0 aliphatic carbocycles. The number of carbonyl (C=O) groups is 2. The molecule has 0 saturated carbocycles. The van der Waals surface area contributed by atoms with Gasteiger partial charge in [0.05, 0.1) is 25.0 Å². The van der Waals surface area contributed by atoms with Crippen LogP contribution in [0.1, 0.15) is 20.8 Å². The van der Waals surface area contributed by atoms with Crippen molar-refractivity contribution in [3.63, 3.8) is 0 Å². The number of ether oxygens (including phenoxy) is 1. The standard InChI is InChI=1S/C24H27ClN4O3/c1-5-28(23(31)16(2)3)15-22(30)27-24-26-21(17-9-11-18(25)12-10-17)14-29(24)19-7-6-8-20(13-19)32-4/h6-14,16H,5,15H2,1-4H3,(H,26,27,30). The molecule has 0 aliphatic rings. The van der Waals surface area contributed by atoms with Gasteiger partial charge in [-0.1, -0.05) is 43.6 Å². The Morgan fingerprint density at radius 1 is 1.19 bits per heavy atom. The number of nitrogens with one attached hydrogen (secondary N) is 1. The highest BCUT2D eigenvalue weighted by Crippen LogP contribution is 2.27. The van der Waals surface area contributed by atoms with E-state index in [2.05, 4.69) is 10.3 Å². The molecule has 8 heteroatoms. The van der Waals surface area contributed by atoms with Crippen LogP contribution in [0.25, 0.3) is 16.9 Å². The highest BCUT2D eigenvalue weighted by molar-refractivity contribution is 6.30. The van der Waals surface area contributed by atoms with Crippen LogP contribution in [-0.2, 0) is 9.59 Å². The summed E-state index contributed by atoms with van der Waals surface area (Å²) in [6, 6.07) is 14.8. The third-order valence-corrected chi connectivity index (χ3v) is 5.20. The summed E-state index contributed by atoms with van der Waals surface area (Å²) in [7, 11) is 1.60. The molecule has 32 heavy (non-hydrogen) atoms. The van der Waals surface area contributed by atoms with E-state index in [1.54, 1.807) is 23.8 Å². The van der Waals surface area contributed by atoms with E-state index >= 15 is 0 Å². The minimum Gasteiger partial charge on any atom is -0.497 e. The molecule has 0 spiro atoms. The predicted octanol–water partition coefficient (Wildman–Crippen LogP) is 4.64. The van der Waals surface area contributed by atoms with Crippen molar-refractivity contribution < 1.29 is 14.3 Å². The van der Waals surface area contributed by atoms with Gasteiger partial charge >= 0.3 is 0 Å². The van der Waals surface area contributed by atoms with E-state index in [9.17, 15) is 9.59 Å². The number of anilines is 1. The van der Waals surface area contributed by atoms with Crippen LogP contribution in [0.4, 0.5) is 5.95 Å². The molecule has 0 unspecified atom stereocenters. The molecular weight excluding hydrogens is 428 g/mol. The lowest BCUT2D eigenvalue weighted by atomic mass is 10.2. The van der Waals surface area contributed by atoms with Crippen molar-refractivity contribution in [2.24, 2.45) is 5.92 Å². The molecule has 0 fully saturated rings. The van der Waals surface area contributed by atoms with Crippen LogP contribution < -0.4 is 10.1 Å². The van der Waals surface area contributed by atoms with Gasteiger partial charge in [-0.3, -0.25) is 19.5 Å². The summed E-state index contributed by atoms with van der Waals surface area (Å²) in [4.78, 5) is 31.3. The number of rotatable bonds is 8. The number of benzene rings is 2. The fourth-order valence-corrected chi connectivity index (χ4v) is 3.36. The minimum absolute atomic E-state index is 0.0469. The summed E-state index contributed by atoms with van der Waals surface area (Å²) in [5, 5.41) is 3.49. The Balaban J connectivity index is 1.94. The van der Waals surface area contributed by atoms with Crippen LogP contribution in [0, 0.1) is 5.92 Å². The molecule has 0 atom stereocenters. The molecule has 2 aromatic carbocycles. The zero-order valence-electron chi connectivity index (χ0n) is 18.6. The van der Waals surface area contributed by atoms with Gasteiger partial charge in [0.2, 0.25) is 17.8 Å². The Hall–Kier alpha value is -3.32. The van der Waals surface area contributed by atoms with Gasteiger partial charge in [0.25, 0.3) is 0 Å². The predicted molar refractivity (Wildman–Crippen MR) is 126 cm³/mol. The normalized spacial score (nSPS) is 10.8. The van der Waals surface area contributed by atoms with Crippen molar-refractivity contribution in [1.82, 2.24) is 14.5 Å². The van der Waals surface area contributed by atoms with Crippen LogP contribution in [0.5, 0.6) is 5.75 Å². The number of likely N-dealkylation sites (N-methyl/N-ethyl adjacent to an activating group) is 1. The van der Waals surface area contributed by atoms with Gasteiger partial charge in [-0.05, 0) is 31.2 Å². The third-order valence-electron chi connectivity index (χ3n) is 4.95. The van der Waals surface area contributed by atoms with Gasteiger partial charge < -0.3 is 9.64 Å². The summed E-state index contributed by atoms with van der Waals surface area (Å²) in [5.41, 5.74) is 2.31. The Bertz CT molecular complexity index is 1090. The summed E-state index contributed by atoms with van der Waals surface area (Å²) in [5.74, 6) is 0.458. The first kappa shape index (κ1) is 23.3. The zero-order valence-corrected chi connectivity index (χ0v) is 19.4. The number of hydrogen-bond acceptors (Lipinski definition) is 4. The monoisotopic (exact) mass is 454 g/mol. The molecule has 168 valence electrons. The quantitative estimate of drug-likeness (QED) is 0.537. The summed E-state index contributed by atoms with van der Waals surface area (Å²) < 4.78 is 7.12. The first-order valence-electron chi connectivity index (χ1n) is 10.4. The van der Waals surface area contributed by atoms with E-state index in [-0.39, 0.29) is 24.3 Å². The van der Waals surface area contributed by atoms with E-state index in [1.165, 1.54) is 4.90 Å². The molecule has 3 aromatic rings.